The Balaban J connectivity index is 0. The van der Waals surface area contributed by atoms with Gasteiger partial charge in [-0.15, -0.1) is 0 Å². The van der Waals surface area contributed by atoms with Gasteiger partial charge in [-0.25, -0.2) is 0 Å². The summed E-state index contributed by atoms with van der Waals surface area (Å²) in [6, 6.07) is 0. The van der Waals surface area contributed by atoms with Crippen LogP contribution in [0.3, 0.4) is 0 Å². The lowest BCUT2D eigenvalue weighted by Crippen LogP contribution is -2.55. The van der Waals surface area contributed by atoms with Crippen LogP contribution in [0.1, 0.15) is 114 Å². The predicted molar refractivity (Wildman–Crippen MR) is 130 cm³/mol. The van der Waals surface area contributed by atoms with Crippen LogP contribution in [0.5, 0.6) is 0 Å². The second kappa shape index (κ2) is 14.1. The van der Waals surface area contributed by atoms with E-state index in [4.69, 9.17) is 15.9 Å². The van der Waals surface area contributed by atoms with E-state index < -0.39 is 11.9 Å². The van der Waals surface area contributed by atoms with Gasteiger partial charge in [0.05, 0.1) is 6.42 Å². The lowest BCUT2D eigenvalue weighted by molar-refractivity contribution is -0.137. The highest BCUT2D eigenvalue weighted by atomic mass is 16.4. The molecule has 2 saturated heterocycles. The van der Waals surface area contributed by atoms with E-state index in [-0.39, 0.29) is 19.4 Å². The fourth-order valence-corrected chi connectivity index (χ4v) is 4.15. The molecule has 7 nitrogen and oxygen atoms in total. The number of carbonyl (C=O) groups is 2. The summed E-state index contributed by atoms with van der Waals surface area (Å²) in [5, 5.41) is 22.8. The maximum atomic E-state index is 9.52. The third kappa shape index (κ3) is 20.5. The van der Waals surface area contributed by atoms with Gasteiger partial charge in [-0.05, 0) is 93.9 Å². The predicted octanol–water partition coefficient (Wildman–Crippen LogP) is 4.54. The molecule has 0 atom stereocenters. The number of nitrogens with two attached hydrogens (primary N) is 1. The van der Waals surface area contributed by atoms with E-state index >= 15 is 0 Å². The van der Waals surface area contributed by atoms with E-state index in [1.54, 1.807) is 6.92 Å². The van der Waals surface area contributed by atoms with Crippen LogP contribution in [0.2, 0.25) is 0 Å². The molecular formula is C24H51N3O4. The van der Waals surface area contributed by atoms with Crippen molar-refractivity contribution >= 4 is 11.9 Å². The van der Waals surface area contributed by atoms with Gasteiger partial charge in [0, 0.05) is 35.1 Å². The molecule has 31 heavy (non-hydrogen) atoms. The first-order valence-corrected chi connectivity index (χ1v) is 11.6. The molecule has 2 rings (SSSR count). The van der Waals surface area contributed by atoms with Gasteiger partial charge in [0.25, 0.3) is 0 Å². The van der Waals surface area contributed by atoms with E-state index in [1.807, 2.05) is 0 Å². The second-order valence-electron chi connectivity index (χ2n) is 11.2. The smallest absolute Gasteiger partial charge is 0.304 e. The Labute approximate surface area is 190 Å². The van der Waals surface area contributed by atoms with Crippen LogP contribution in [0.4, 0.5) is 0 Å². The third-order valence-corrected chi connectivity index (χ3v) is 5.22. The van der Waals surface area contributed by atoms with Crippen molar-refractivity contribution in [1.29, 1.82) is 0 Å². The summed E-state index contributed by atoms with van der Waals surface area (Å²) >= 11 is 0. The van der Waals surface area contributed by atoms with Crippen LogP contribution in [0.25, 0.3) is 0 Å². The zero-order valence-corrected chi connectivity index (χ0v) is 21.7. The Bertz CT molecular complexity index is 469. The molecule has 0 amide bonds. The average Bonchev–Trinajstić information content (AvgIpc) is 2.51. The molecule has 2 fully saturated rings. The Morgan fingerprint density at radius 3 is 1.03 bits per heavy atom. The van der Waals surface area contributed by atoms with Crippen molar-refractivity contribution in [3.8, 4) is 0 Å². The summed E-state index contributed by atoms with van der Waals surface area (Å²) in [6.45, 7) is 20.1. The highest BCUT2D eigenvalue weighted by Crippen LogP contribution is 2.28. The van der Waals surface area contributed by atoms with Gasteiger partial charge in [-0.1, -0.05) is 6.92 Å². The minimum absolute atomic E-state index is 0.0694. The molecule has 0 radical (unpaired) electrons. The molecular weight excluding hydrogens is 394 g/mol. The van der Waals surface area contributed by atoms with Gasteiger partial charge in [0.1, 0.15) is 0 Å². The quantitative estimate of drug-likeness (QED) is 0.432. The van der Waals surface area contributed by atoms with Gasteiger partial charge < -0.3 is 26.6 Å². The molecule has 0 aromatic heterocycles. The molecule has 0 unspecified atom stereocenters. The molecule has 2 heterocycles. The van der Waals surface area contributed by atoms with Gasteiger partial charge >= 0.3 is 11.9 Å². The molecule has 2 aliphatic rings. The number of carboxylic acid groups (broad SMARTS) is 2. The summed E-state index contributed by atoms with van der Waals surface area (Å²) < 4.78 is 0. The van der Waals surface area contributed by atoms with Crippen molar-refractivity contribution in [2.75, 3.05) is 6.54 Å². The summed E-state index contributed by atoms with van der Waals surface area (Å²) in [7, 11) is 0. The van der Waals surface area contributed by atoms with Crippen LogP contribution in [0.15, 0.2) is 0 Å². The number of hydrogen-bond donors (Lipinski definition) is 5. The van der Waals surface area contributed by atoms with Crippen LogP contribution in [-0.2, 0) is 9.59 Å². The summed E-state index contributed by atoms with van der Waals surface area (Å²) in [5.74, 6) is -1.58. The molecule has 186 valence electrons. The van der Waals surface area contributed by atoms with Gasteiger partial charge in [0.15, 0.2) is 0 Å². The minimum Gasteiger partial charge on any atom is -0.481 e. The fourth-order valence-electron chi connectivity index (χ4n) is 4.15. The van der Waals surface area contributed by atoms with Crippen molar-refractivity contribution in [2.24, 2.45) is 5.73 Å². The molecule has 0 bridgehead atoms. The molecule has 6 N–H and O–H groups in total. The first-order chi connectivity index (χ1) is 13.9. The summed E-state index contributed by atoms with van der Waals surface area (Å²) in [6.07, 6.45) is 8.29. The summed E-state index contributed by atoms with van der Waals surface area (Å²) in [4.78, 5) is 18.9. The zero-order valence-electron chi connectivity index (χ0n) is 21.7. The molecule has 0 spiro atoms. The van der Waals surface area contributed by atoms with Crippen LogP contribution in [-0.4, -0.2) is 50.9 Å². The SMILES string of the molecule is CC1(C)CCCC(C)(C)N1.CC1(C)CCCC(C)(C)N1.CCC(=O)O.NCCC(=O)O. The third-order valence-electron chi connectivity index (χ3n) is 5.22. The van der Waals surface area contributed by atoms with Crippen LogP contribution < -0.4 is 16.4 Å². The number of aliphatic carboxylic acids is 2. The number of carboxylic acids is 2. The van der Waals surface area contributed by atoms with E-state index in [9.17, 15) is 9.59 Å². The lowest BCUT2D eigenvalue weighted by Gasteiger charge is -2.42. The Morgan fingerprint density at radius 1 is 0.710 bits per heavy atom. The maximum Gasteiger partial charge on any atom is 0.304 e. The number of hydrogen-bond acceptors (Lipinski definition) is 5. The number of nitrogens with one attached hydrogen (secondary N) is 2. The maximum absolute atomic E-state index is 9.52. The van der Waals surface area contributed by atoms with Crippen molar-refractivity contribution in [3.05, 3.63) is 0 Å². The summed E-state index contributed by atoms with van der Waals surface area (Å²) in [5.41, 5.74) is 6.30. The first-order valence-electron chi connectivity index (χ1n) is 11.6. The van der Waals surface area contributed by atoms with E-state index in [0.717, 1.165) is 0 Å². The largest absolute Gasteiger partial charge is 0.481 e. The Morgan fingerprint density at radius 2 is 0.968 bits per heavy atom. The zero-order chi connectivity index (χ0) is 24.9. The van der Waals surface area contributed by atoms with Gasteiger partial charge in [0.2, 0.25) is 0 Å². The Kier molecular flexibility index (Phi) is 14.5. The average molecular weight is 446 g/mol. The Hall–Kier alpha value is -1.18. The molecule has 0 aromatic rings. The van der Waals surface area contributed by atoms with E-state index in [0.29, 0.717) is 22.2 Å². The monoisotopic (exact) mass is 445 g/mol. The normalized spacial score (nSPS) is 22.1. The molecule has 0 aliphatic carbocycles. The second-order valence-corrected chi connectivity index (χ2v) is 11.2. The minimum atomic E-state index is -0.836. The van der Waals surface area contributed by atoms with Crippen molar-refractivity contribution in [2.45, 2.75) is 136 Å². The molecule has 7 heteroatoms. The fraction of sp³-hybridized carbons (Fsp3) is 0.917. The number of rotatable bonds is 3. The van der Waals surface area contributed by atoms with E-state index in [2.05, 4.69) is 66.0 Å². The van der Waals surface area contributed by atoms with E-state index in [1.165, 1.54) is 38.5 Å². The number of piperidine rings is 2. The van der Waals surface area contributed by atoms with Gasteiger partial charge in [-0.2, -0.15) is 0 Å². The van der Waals surface area contributed by atoms with Crippen LogP contribution >= 0.6 is 0 Å². The van der Waals surface area contributed by atoms with Crippen molar-refractivity contribution < 1.29 is 19.8 Å². The molecule has 2 aliphatic heterocycles. The lowest BCUT2D eigenvalue weighted by atomic mass is 9.83. The van der Waals surface area contributed by atoms with Crippen LogP contribution in [0, 0.1) is 0 Å². The first kappa shape index (κ1) is 32.0. The topological polar surface area (TPSA) is 125 Å². The van der Waals surface area contributed by atoms with Gasteiger partial charge in [-0.3, -0.25) is 9.59 Å². The molecule has 0 saturated carbocycles. The standard InChI is InChI=1S/2C9H19N.C3H7NO2.C3H6O2/c2*1-8(2)6-5-7-9(3,4)10-8;4-2-1-3(5)6;1-2-3(4)5/h2*10H,5-7H2,1-4H3;1-2,4H2,(H,5,6);2H2,1H3,(H,4,5). The van der Waals surface area contributed by atoms with Crippen molar-refractivity contribution in [3.63, 3.8) is 0 Å². The highest BCUT2D eigenvalue weighted by Gasteiger charge is 2.32. The molecule has 0 aromatic carbocycles. The highest BCUT2D eigenvalue weighted by molar-refractivity contribution is 5.66. The van der Waals surface area contributed by atoms with Crippen molar-refractivity contribution in [1.82, 2.24) is 10.6 Å².